The highest BCUT2D eigenvalue weighted by Crippen LogP contribution is 2.30. The van der Waals surface area contributed by atoms with Crippen LogP contribution in [0.15, 0.2) is 24.3 Å². The zero-order valence-corrected chi connectivity index (χ0v) is 12.4. The van der Waals surface area contributed by atoms with Gasteiger partial charge in [0.05, 0.1) is 0 Å². The number of nitrogens with two attached hydrogens (primary N) is 1. The topological polar surface area (TPSA) is 29.3 Å². The Hall–Kier alpha value is -1.02. The molecule has 0 atom stereocenters. The van der Waals surface area contributed by atoms with Crippen molar-refractivity contribution in [2.45, 2.75) is 39.5 Å². The van der Waals surface area contributed by atoms with E-state index in [1.54, 1.807) is 0 Å². The van der Waals surface area contributed by atoms with Crippen LogP contribution < -0.4 is 10.6 Å². The first-order chi connectivity index (χ1) is 9.24. The summed E-state index contributed by atoms with van der Waals surface area (Å²) < 4.78 is 0. The van der Waals surface area contributed by atoms with Crippen molar-refractivity contribution in [1.82, 2.24) is 0 Å². The molecule has 2 nitrogen and oxygen atoms in total. The first kappa shape index (κ1) is 14.4. The van der Waals surface area contributed by atoms with Crippen LogP contribution in [-0.2, 0) is 0 Å². The predicted molar refractivity (Wildman–Crippen MR) is 83.6 cm³/mol. The molecule has 1 fully saturated rings. The van der Waals surface area contributed by atoms with Gasteiger partial charge in [-0.1, -0.05) is 18.2 Å². The van der Waals surface area contributed by atoms with Crippen molar-refractivity contribution < 1.29 is 0 Å². The number of anilines is 1. The second-order valence-corrected chi connectivity index (χ2v) is 5.95. The number of benzene rings is 1. The fourth-order valence-electron chi connectivity index (χ4n) is 3.28. The molecule has 0 radical (unpaired) electrons. The van der Waals surface area contributed by atoms with Crippen molar-refractivity contribution >= 4 is 5.69 Å². The summed E-state index contributed by atoms with van der Waals surface area (Å²) in [6.45, 7) is 7.66. The molecule has 1 aromatic rings. The Morgan fingerprint density at radius 2 is 1.74 bits per heavy atom. The van der Waals surface area contributed by atoms with E-state index in [1.807, 2.05) is 0 Å². The summed E-state index contributed by atoms with van der Waals surface area (Å²) in [5.74, 6) is 1.63. The molecule has 0 saturated heterocycles. The lowest BCUT2D eigenvalue weighted by Crippen LogP contribution is -2.32. The summed E-state index contributed by atoms with van der Waals surface area (Å²) in [5, 5.41) is 0. The van der Waals surface area contributed by atoms with E-state index in [-0.39, 0.29) is 0 Å². The van der Waals surface area contributed by atoms with E-state index in [9.17, 15) is 0 Å². The highest BCUT2D eigenvalue weighted by Gasteiger charge is 2.22. The lowest BCUT2D eigenvalue weighted by Gasteiger charge is -2.33. The third kappa shape index (κ3) is 3.73. The number of hydrogen-bond donors (Lipinski definition) is 1. The van der Waals surface area contributed by atoms with E-state index in [1.165, 1.54) is 43.5 Å². The molecule has 0 amide bonds. The predicted octanol–water partition coefficient (Wildman–Crippen LogP) is 3.59. The monoisotopic (exact) mass is 260 g/mol. The molecule has 1 aromatic carbocycles. The molecule has 2 heteroatoms. The summed E-state index contributed by atoms with van der Waals surface area (Å²) in [6.07, 6.45) is 5.35. The van der Waals surface area contributed by atoms with Gasteiger partial charge in [0, 0.05) is 18.8 Å². The van der Waals surface area contributed by atoms with Crippen molar-refractivity contribution in [3.8, 4) is 0 Å². The summed E-state index contributed by atoms with van der Waals surface area (Å²) in [7, 11) is 0. The molecule has 0 aromatic heterocycles. The second kappa shape index (κ2) is 6.95. The molecule has 19 heavy (non-hydrogen) atoms. The summed E-state index contributed by atoms with van der Waals surface area (Å²) in [6, 6.07) is 8.74. The van der Waals surface area contributed by atoms with Crippen LogP contribution in [0, 0.1) is 18.8 Å². The number of aryl methyl sites for hydroxylation is 1. The van der Waals surface area contributed by atoms with Gasteiger partial charge in [0.2, 0.25) is 0 Å². The summed E-state index contributed by atoms with van der Waals surface area (Å²) >= 11 is 0. The minimum Gasteiger partial charge on any atom is -0.371 e. The molecule has 106 valence electrons. The van der Waals surface area contributed by atoms with Crippen LogP contribution in [0.2, 0.25) is 0 Å². The SMILES string of the molecule is CCN(CC1CCC(CN)CC1)c1ccccc1C. The molecule has 0 aliphatic heterocycles. The average molecular weight is 260 g/mol. The summed E-state index contributed by atoms with van der Waals surface area (Å²) in [4.78, 5) is 2.54. The Bertz CT molecular complexity index is 381. The third-order valence-corrected chi connectivity index (χ3v) is 4.62. The quantitative estimate of drug-likeness (QED) is 0.876. The molecular formula is C17H28N2. The third-order valence-electron chi connectivity index (χ3n) is 4.62. The highest BCUT2D eigenvalue weighted by molar-refractivity contribution is 5.52. The molecule has 0 spiro atoms. The van der Waals surface area contributed by atoms with Crippen LogP contribution in [0.3, 0.4) is 0 Å². The van der Waals surface area contributed by atoms with E-state index >= 15 is 0 Å². The molecule has 0 bridgehead atoms. The van der Waals surface area contributed by atoms with Crippen molar-refractivity contribution in [3.63, 3.8) is 0 Å². The van der Waals surface area contributed by atoms with Gasteiger partial charge in [-0.3, -0.25) is 0 Å². The maximum absolute atomic E-state index is 5.78. The van der Waals surface area contributed by atoms with Gasteiger partial charge in [-0.05, 0) is 69.5 Å². The highest BCUT2D eigenvalue weighted by atomic mass is 15.1. The minimum absolute atomic E-state index is 0.782. The van der Waals surface area contributed by atoms with Gasteiger partial charge in [-0.25, -0.2) is 0 Å². The number of nitrogens with zero attached hydrogens (tertiary/aromatic N) is 1. The van der Waals surface area contributed by atoms with Crippen molar-refractivity contribution in [2.24, 2.45) is 17.6 Å². The lowest BCUT2D eigenvalue weighted by atomic mass is 9.82. The molecule has 2 rings (SSSR count). The van der Waals surface area contributed by atoms with Gasteiger partial charge in [-0.15, -0.1) is 0 Å². The Morgan fingerprint density at radius 3 is 2.32 bits per heavy atom. The number of rotatable bonds is 5. The Morgan fingerprint density at radius 1 is 1.11 bits per heavy atom. The smallest absolute Gasteiger partial charge is 0.0395 e. The van der Waals surface area contributed by atoms with Crippen molar-refractivity contribution in [1.29, 1.82) is 0 Å². The van der Waals surface area contributed by atoms with Crippen LogP contribution >= 0.6 is 0 Å². The maximum atomic E-state index is 5.78. The minimum atomic E-state index is 0.782. The van der Waals surface area contributed by atoms with Gasteiger partial charge in [0.25, 0.3) is 0 Å². The molecule has 0 unspecified atom stereocenters. The maximum Gasteiger partial charge on any atom is 0.0395 e. The van der Waals surface area contributed by atoms with Gasteiger partial charge in [0.15, 0.2) is 0 Å². The molecule has 1 aliphatic carbocycles. The van der Waals surface area contributed by atoms with Crippen LogP contribution in [0.25, 0.3) is 0 Å². The standard InChI is InChI=1S/C17H28N2/c1-3-19(17-7-5-4-6-14(17)2)13-16-10-8-15(12-18)9-11-16/h4-7,15-16H,3,8-13,18H2,1-2H3. The van der Waals surface area contributed by atoms with E-state index in [0.29, 0.717) is 0 Å². The van der Waals surface area contributed by atoms with Crippen molar-refractivity contribution in [3.05, 3.63) is 29.8 Å². The van der Waals surface area contributed by atoms with E-state index in [2.05, 4.69) is 43.0 Å². The Kier molecular flexibility index (Phi) is 5.26. The van der Waals surface area contributed by atoms with Crippen LogP contribution in [0.5, 0.6) is 0 Å². The van der Waals surface area contributed by atoms with Crippen LogP contribution in [0.4, 0.5) is 5.69 Å². The number of hydrogen-bond acceptors (Lipinski definition) is 2. The normalized spacial score (nSPS) is 23.3. The molecule has 1 saturated carbocycles. The first-order valence-electron chi connectivity index (χ1n) is 7.75. The van der Waals surface area contributed by atoms with E-state index < -0.39 is 0 Å². The molecule has 2 N–H and O–H groups in total. The van der Waals surface area contributed by atoms with Gasteiger partial charge < -0.3 is 10.6 Å². The van der Waals surface area contributed by atoms with Crippen molar-refractivity contribution in [2.75, 3.05) is 24.5 Å². The average Bonchev–Trinajstić information content (AvgIpc) is 2.46. The van der Waals surface area contributed by atoms with Crippen LogP contribution in [0.1, 0.15) is 38.2 Å². The lowest BCUT2D eigenvalue weighted by molar-refractivity contribution is 0.281. The second-order valence-electron chi connectivity index (χ2n) is 5.95. The molecular weight excluding hydrogens is 232 g/mol. The Balaban J connectivity index is 1.95. The number of para-hydroxylation sites is 1. The Labute approximate surface area is 118 Å². The largest absolute Gasteiger partial charge is 0.371 e. The summed E-state index contributed by atoms with van der Waals surface area (Å²) in [5.41, 5.74) is 8.57. The molecule has 0 heterocycles. The molecule has 1 aliphatic rings. The van der Waals surface area contributed by atoms with E-state index in [4.69, 9.17) is 5.73 Å². The van der Waals surface area contributed by atoms with Gasteiger partial charge >= 0.3 is 0 Å². The fourth-order valence-corrected chi connectivity index (χ4v) is 3.28. The fraction of sp³-hybridized carbons (Fsp3) is 0.647. The van der Waals surface area contributed by atoms with Gasteiger partial charge in [-0.2, -0.15) is 0 Å². The first-order valence-corrected chi connectivity index (χ1v) is 7.75. The zero-order chi connectivity index (χ0) is 13.7. The van der Waals surface area contributed by atoms with Crippen LogP contribution in [-0.4, -0.2) is 19.6 Å². The zero-order valence-electron chi connectivity index (χ0n) is 12.4. The van der Waals surface area contributed by atoms with Gasteiger partial charge in [0.1, 0.15) is 0 Å². The van der Waals surface area contributed by atoms with E-state index in [0.717, 1.165) is 24.9 Å².